The number of aromatic nitrogens is 3. The predicted molar refractivity (Wildman–Crippen MR) is 99.1 cm³/mol. The largest absolute Gasteiger partial charge is 0.444 e. The van der Waals surface area contributed by atoms with Gasteiger partial charge in [0.05, 0.1) is 29.7 Å². The maximum atomic E-state index is 12.2. The number of hydrogen-bond donors (Lipinski definition) is 1. The van der Waals surface area contributed by atoms with Gasteiger partial charge in [0.2, 0.25) is 5.92 Å². The molecular formula is C18H25ClF2N4O2. The van der Waals surface area contributed by atoms with Crippen molar-refractivity contribution >= 4 is 23.3 Å². The van der Waals surface area contributed by atoms with Gasteiger partial charge in [0, 0.05) is 18.9 Å². The Bertz CT molecular complexity index is 766. The summed E-state index contributed by atoms with van der Waals surface area (Å²) in [4.78, 5) is 15.8. The molecule has 6 nitrogen and oxygen atoms in total. The van der Waals surface area contributed by atoms with Gasteiger partial charge in [-0.1, -0.05) is 18.0 Å². The third-order valence-electron chi connectivity index (χ3n) is 3.73. The Balaban J connectivity index is 0.000000273. The van der Waals surface area contributed by atoms with Crippen LogP contribution in [0, 0.1) is 0 Å². The first-order valence-corrected chi connectivity index (χ1v) is 9.26. The predicted octanol–water partition coefficient (Wildman–Crippen LogP) is 4.99. The Morgan fingerprint density at radius 2 is 2.00 bits per heavy atom. The molecule has 0 aromatic carbocycles. The third kappa shape index (κ3) is 7.66. The van der Waals surface area contributed by atoms with E-state index in [0.29, 0.717) is 29.2 Å². The van der Waals surface area contributed by atoms with Crippen LogP contribution in [0.15, 0.2) is 18.5 Å². The van der Waals surface area contributed by atoms with E-state index in [2.05, 4.69) is 15.4 Å². The van der Waals surface area contributed by atoms with Gasteiger partial charge >= 0.3 is 6.09 Å². The topological polar surface area (TPSA) is 68.5 Å². The SMILES string of the molecule is CC(C)(C)OC(=O)NCc1cn2ncc(Cl)cc2n1.FC1(F)CCCCC1. The van der Waals surface area contributed by atoms with E-state index in [1.165, 1.54) is 6.20 Å². The minimum Gasteiger partial charge on any atom is -0.444 e. The first-order chi connectivity index (χ1) is 12.5. The fourth-order valence-corrected chi connectivity index (χ4v) is 2.68. The average Bonchev–Trinajstić information content (AvgIpc) is 2.94. The molecule has 1 N–H and O–H groups in total. The maximum absolute atomic E-state index is 12.2. The number of fused-ring (bicyclic) bond motifs is 1. The molecule has 1 amide bonds. The summed E-state index contributed by atoms with van der Waals surface area (Å²) in [6.07, 6.45) is 5.44. The lowest BCUT2D eigenvalue weighted by Gasteiger charge is -2.20. The molecule has 1 aliphatic rings. The second kappa shape index (κ2) is 8.82. The molecule has 0 aliphatic heterocycles. The van der Waals surface area contributed by atoms with Gasteiger partial charge in [-0.3, -0.25) is 0 Å². The first kappa shape index (κ1) is 21.3. The number of nitrogens with one attached hydrogen (secondary N) is 1. The molecule has 2 heterocycles. The van der Waals surface area contributed by atoms with Crippen molar-refractivity contribution in [2.45, 2.75) is 70.9 Å². The number of amides is 1. The van der Waals surface area contributed by atoms with E-state index in [0.717, 1.165) is 6.42 Å². The highest BCUT2D eigenvalue weighted by molar-refractivity contribution is 6.30. The van der Waals surface area contributed by atoms with Crippen molar-refractivity contribution in [1.29, 1.82) is 0 Å². The molecule has 150 valence electrons. The second-order valence-electron chi connectivity index (χ2n) is 7.48. The van der Waals surface area contributed by atoms with Crippen molar-refractivity contribution in [3.8, 4) is 0 Å². The number of carbonyl (C=O) groups is 1. The number of ether oxygens (including phenoxy) is 1. The van der Waals surface area contributed by atoms with Crippen LogP contribution in [0.1, 0.15) is 58.6 Å². The summed E-state index contributed by atoms with van der Waals surface area (Å²) in [5, 5.41) is 7.22. The Labute approximate surface area is 162 Å². The minimum absolute atomic E-state index is 0.118. The van der Waals surface area contributed by atoms with E-state index in [4.69, 9.17) is 16.3 Å². The van der Waals surface area contributed by atoms with Crippen LogP contribution in [0.4, 0.5) is 13.6 Å². The highest BCUT2D eigenvalue weighted by Crippen LogP contribution is 2.32. The molecule has 1 saturated carbocycles. The van der Waals surface area contributed by atoms with Crippen molar-refractivity contribution in [3.05, 3.63) is 29.2 Å². The molecule has 1 fully saturated rings. The molecule has 0 spiro atoms. The van der Waals surface area contributed by atoms with Gasteiger partial charge < -0.3 is 10.1 Å². The standard InChI is InChI=1S/C12H15ClN4O2.C6H10F2/c1-12(2,3)19-11(18)14-6-9-7-17-10(16-9)4-8(13)5-15-17;7-6(8)4-2-1-3-5-6/h4-5,7H,6H2,1-3H3,(H,14,18);1-5H2. The quantitative estimate of drug-likeness (QED) is 0.768. The van der Waals surface area contributed by atoms with Gasteiger partial charge in [-0.25, -0.2) is 23.1 Å². The Hall–Kier alpha value is -1.96. The number of alkyl carbamates (subject to hydrolysis) is 1. The first-order valence-electron chi connectivity index (χ1n) is 8.89. The van der Waals surface area contributed by atoms with Crippen LogP contribution in [0.2, 0.25) is 5.02 Å². The smallest absolute Gasteiger partial charge is 0.407 e. The zero-order valence-electron chi connectivity index (χ0n) is 15.8. The zero-order valence-corrected chi connectivity index (χ0v) is 16.5. The number of nitrogens with zero attached hydrogens (tertiary/aromatic N) is 3. The molecule has 2 aromatic heterocycles. The van der Waals surface area contributed by atoms with Crippen molar-refractivity contribution in [2.75, 3.05) is 0 Å². The van der Waals surface area contributed by atoms with E-state index >= 15 is 0 Å². The summed E-state index contributed by atoms with van der Waals surface area (Å²) in [7, 11) is 0. The van der Waals surface area contributed by atoms with Crippen LogP contribution < -0.4 is 5.32 Å². The average molecular weight is 403 g/mol. The van der Waals surface area contributed by atoms with E-state index in [9.17, 15) is 13.6 Å². The van der Waals surface area contributed by atoms with E-state index in [-0.39, 0.29) is 19.4 Å². The number of rotatable bonds is 2. The summed E-state index contributed by atoms with van der Waals surface area (Å²) >= 11 is 5.82. The number of imidazole rings is 1. The molecule has 27 heavy (non-hydrogen) atoms. The molecule has 9 heteroatoms. The van der Waals surface area contributed by atoms with Crippen LogP contribution in [0.3, 0.4) is 0 Å². The van der Waals surface area contributed by atoms with Crippen molar-refractivity contribution in [1.82, 2.24) is 19.9 Å². The lowest BCUT2D eigenvalue weighted by molar-refractivity contribution is -0.0337. The summed E-state index contributed by atoms with van der Waals surface area (Å²) in [6.45, 7) is 5.70. The molecule has 0 atom stereocenters. The van der Waals surface area contributed by atoms with E-state index in [1.807, 2.05) is 20.8 Å². The van der Waals surface area contributed by atoms with Crippen LogP contribution in [-0.4, -0.2) is 32.2 Å². The number of carbonyl (C=O) groups excluding carboxylic acids is 1. The van der Waals surface area contributed by atoms with E-state index in [1.54, 1.807) is 16.8 Å². The van der Waals surface area contributed by atoms with Crippen LogP contribution in [0.25, 0.3) is 5.65 Å². The molecular weight excluding hydrogens is 378 g/mol. The lowest BCUT2D eigenvalue weighted by atomic mass is 9.97. The minimum atomic E-state index is -2.32. The molecule has 2 aromatic rings. The van der Waals surface area contributed by atoms with Gasteiger partial charge in [-0.05, 0) is 33.6 Å². The monoisotopic (exact) mass is 402 g/mol. The van der Waals surface area contributed by atoms with Crippen LogP contribution in [-0.2, 0) is 11.3 Å². The third-order valence-corrected chi connectivity index (χ3v) is 3.94. The van der Waals surface area contributed by atoms with Gasteiger partial charge in [-0.15, -0.1) is 0 Å². The van der Waals surface area contributed by atoms with Gasteiger partial charge in [0.15, 0.2) is 5.65 Å². The lowest BCUT2D eigenvalue weighted by Crippen LogP contribution is -2.32. The Morgan fingerprint density at radius 3 is 2.56 bits per heavy atom. The number of halogens is 3. The van der Waals surface area contributed by atoms with Gasteiger partial charge in [0.1, 0.15) is 5.60 Å². The van der Waals surface area contributed by atoms with Crippen LogP contribution >= 0.6 is 11.6 Å². The molecule has 0 saturated heterocycles. The van der Waals surface area contributed by atoms with E-state index < -0.39 is 17.6 Å². The number of hydrogen-bond acceptors (Lipinski definition) is 4. The molecule has 1 aliphatic carbocycles. The normalized spacial score (nSPS) is 16.4. The highest BCUT2D eigenvalue weighted by Gasteiger charge is 2.30. The Morgan fingerprint density at radius 1 is 1.33 bits per heavy atom. The summed E-state index contributed by atoms with van der Waals surface area (Å²) < 4.78 is 31.1. The van der Waals surface area contributed by atoms with Gasteiger partial charge in [-0.2, -0.15) is 5.10 Å². The fraction of sp³-hybridized carbons (Fsp3) is 0.611. The Kier molecular flexibility index (Phi) is 6.97. The molecule has 0 radical (unpaired) electrons. The zero-order chi connectivity index (χ0) is 20.1. The highest BCUT2D eigenvalue weighted by atomic mass is 35.5. The van der Waals surface area contributed by atoms with Crippen molar-refractivity contribution < 1.29 is 18.3 Å². The van der Waals surface area contributed by atoms with Crippen LogP contribution in [0.5, 0.6) is 0 Å². The fourth-order valence-electron chi connectivity index (χ4n) is 2.53. The second-order valence-corrected chi connectivity index (χ2v) is 7.92. The summed E-state index contributed by atoms with van der Waals surface area (Å²) in [6, 6.07) is 1.70. The van der Waals surface area contributed by atoms with Crippen molar-refractivity contribution in [3.63, 3.8) is 0 Å². The summed E-state index contributed by atoms with van der Waals surface area (Å²) in [5.41, 5.74) is 0.798. The maximum Gasteiger partial charge on any atom is 0.407 e. The van der Waals surface area contributed by atoms with Gasteiger partial charge in [0.25, 0.3) is 0 Å². The molecule has 3 rings (SSSR count). The molecule has 0 unspecified atom stereocenters. The summed E-state index contributed by atoms with van der Waals surface area (Å²) in [5.74, 6) is -2.32. The molecule has 0 bridgehead atoms. The number of alkyl halides is 2. The van der Waals surface area contributed by atoms with Crippen molar-refractivity contribution in [2.24, 2.45) is 0 Å².